The Bertz CT molecular complexity index is 616. The molecule has 0 bridgehead atoms. The van der Waals surface area contributed by atoms with E-state index in [-0.39, 0.29) is 5.91 Å². The number of carbonyl (C=O) groups excluding carboxylic acids is 1. The quantitative estimate of drug-likeness (QED) is 0.905. The zero-order chi connectivity index (χ0) is 14.7. The Morgan fingerprint density at radius 1 is 1.43 bits per heavy atom. The van der Waals surface area contributed by atoms with Crippen molar-refractivity contribution in [2.45, 2.75) is 32.2 Å². The fourth-order valence-corrected chi connectivity index (χ4v) is 2.95. The van der Waals surface area contributed by atoms with Crippen LogP contribution in [-0.2, 0) is 0 Å². The number of carbonyl (C=O) groups is 1. The fourth-order valence-electron chi connectivity index (χ4n) is 2.95. The second-order valence-electron chi connectivity index (χ2n) is 5.63. The van der Waals surface area contributed by atoms with Crippen LogP contribution in [0.5, 0.6) is 0 Å². The number of nitrogens with zero attached hydrogens (tertiary/aromatic N) is 2. The molecule has 1 aromatic heterocycles. The molecular formula is C16H22N4O. The molecule has 0 aliphatic carbocycles. The first kappa shape index (κ1) is 14.1. The summed E-state index contributed by atoms with van der Waals surface area (Å²) >= 11 is 0. The van der Waals surface area contributed by atoms with Crippen molar-refractivity contribution in [1.29, 1.82) is 0 Å². The summed E-state index contributed by atoms with van der Waals surface area (Å²) in [5, 5.41) is 3.51. The summed E-state index contributed by atoms with van der Waals surface area (Å²) in [4.78, 5) is 21.9. The van der Waals surface area contributed by atoms with Gasteiger partial charge in [-0.1, -0.05) is 6.42 Å². The molecule has 1 atom stereocenters. The molecule has 2 N–H and O–H groups in total. The molecule has 21 heavy (non-hydrogen) atoms. The Morgan fingerprint density at radius 3 is 3.10 bits per heavy atom. The molecule has 1 aliphatic heterocycles. The van der Waals surface area contributed by atoms with Crippen LogP contribution in [0, 0.1) is 0 Å². The molecule has 0 spiro atoms. The molecule has 1 amide bonds. The minimum absolute atomic E-state index is 0.0985. The van der Waals surface area contributed by atoms with E-state index in [0.29, 0.717) is 6.04 Å². The lowest BCUT2D eigenvalue weighted by Crippen LogP contribution is -2.45. The Labute approximate surface area is 124 Å². The predicted molar refractivity (Wildman–Crippen MR) is 83.3 cm³/mol. The average molecular weight is 286 g/mol. The van der Waals surface area contributed by atoms with Gasteiger partial charge in [0.2, 0.25) is 0 Å². The molecule has 1 aliphatic rings. The Hall–Kier alpha value is -1.88. The molecule has 1 fully saturated rings. The van der Waals surface area contributed by atoms with E-state index in [1.807, 2.05) is 30.0 Å². The summed E-state index contributed by atoms with van der Waals surface area (Å²) in [6.07, 6.45) is 5.31. The number of nitrogens with one attached hydrogen (secondary N) is 2. The number of benzene rings is 1. The van der Waals surface area contributed by atoms with Crippen LogP contribution in [0.3, 0.4) is 0 Å². The largest absolute Gasteiger partial charge is 0.345 e. The van der Waals surface area contributed by atoms with Gasteiger partial charge in [0.1, 0.15) is 0 Å². The SMILES string of the molecule is CCN(CC1CCCCN1)C(=O)c1ccc2nc[nH]c2c1. The van der Waals surface area contributed by atoms with Gasteiger partial charge in [0.05, 0.1) is 17.4 Å². The minimum atomic E-state index is 0.0985. The minimum Gasteiger partial charge on any atom is -0.345 e. The van der Waals surface area contributed by atoms with E-state index in [2.05, 4.69) is 15.3 Å². The Morgan fingerprint density at radius 2 is 2.33 bits per heavy atom. The van der Waals surface area contributed by atoms with Crippen molar-refractivity contribution >= 4 is 16.9 Å². The third-order valence-electron chi connectivity index (χ3n) is 4.19. The lowest BCUT2D eigenvalue weighted by molar-refractivity contribution is 0.0741. The maximum absolute atomic E-state index is 12.7. The number of fused-ring (bicyclic) bond motifs is 1. The summed E-state index contributed by atoms with van der Waals surface area (Å²) in [5.74, 6) is 0.0985. The number of imidazole rings is 1. The lowest BCUT2D eigenvalue weighted by Gasteiger charge is -2.30. The summed E-state index contributed by atoms with van der Waals surface area (Å²) in [6, 6.07) is 6.08. The normalized spacial score (nSPS) is 18.8. The van der Waals surface area contributed by atoms with Crippen LogP contribution in [0.2, 0.25) is 0 Å². The molecule has 1 unspecified atom stereocenters. The highest BCUT2D eigenvalue weighted by Gasteiger charge is 2.20. The van der Waals surface area contributed by atoms with Crippen molar-refractivity contribution in [3.05, 3.63) is 30.1 Å². The lowest BCUT2D eigenvalue weighted by atomic mass is 10.0. The van der Waals surface area contributed by atoms with Crippen LogP contribution in [-0.4, -0.2) is 46.5 Å². The number of hydrogen-bond donors (Lipinski definition) is 2. The number of aromatic nitrogens is 2. The van der Waals surface area contributed by atoms with Gasteiger partial charge in [0, 0.05) is 24.7 Å². The molecule has 0 radical (unpaired) electrons. The van der Waals surface area contributed by atoms with Crippen LogP contribution in [0.4, 0.5) is 0 Å². The maximum atomic E-state index is 12.7. The van der Waals surface area contributed by atoms with Crippen molar-refractivity contribution in [1.82, 2.24) is 20.2 Å². The van der Waals surface area contributed by atoms with Crippen LogP contribution >= 0.6 is 0 Å². The van der Waals surface area contributed by atoms with Crippen molar-refractivity contribution in [3.63, 3.8) is 0 Å². The highest BCUT2D eigenvalue weighted by Crippen LogP contribution is 2.15. The van der Waals surface area contributed by atoms with Gasteiger partial charge in [-0.2, -0.15) is 0 Å². The van der Waals surface area contributed by atoms with Crippen molar-refractivity contribution < 1.29 is 4.79 Å². The van der Waals surface area contributed by atoms with Gasteiger partial charge in [-0.15, -0.1) is 0 Å². The predicted octanol–water partition coefficient (Wildman–Crippen LogP) is 2.17. The highest BCUT2D eigenvalue weighted by atomic mass is 16.2. The smallest absolute Gasteiger partial charge is 0.253 e. The van der Waals surface area contributed by atoms with Gasteiger partial charge in [-0.3, -0.25) is 4.79 Å². The van der Waals surface area contributed by atoms with Gasteiger partial charge in [-0.25, -0.2) is 4.98 Å². The molecule has 5 heteroatoms. The van der Waals surface area contributed by atoms with Crippen molar-refractivity contribution in [2.75, 3.05) is 19.6 Å². The van der Waals surface area contributed by atoms with Gasteiger partial charge in [0.15, 0.2) is 0 Å². The van der Waals surface area contributed by atoms with Gasteiger partial charge in [0.25, 0.3) is 5.91 Å². The number of H-pyrrole nitrogens is 1. The fraction of sp³-hybridized carbons (Fsp3) is 0.500. The third-order valence-corrected chi connectivity index (χ3v) is 4.19. The van der Waals surface area contributed by atoms with E-state index in [0.717, 1.165) is 42.7 Å². The number of piperidine rings is 1. The van der Waals surface area contributed by atoms with E-state index in [1.54, 1.807) is 6.33 Å². The number of amides is 1. The van der Waals surface area contributed by atoms with E-state index < -0.39 is 0 Å². The molecule has 112 valence electrons. The molecule has 0 saturated carbocycles. The van der Waals surface area contributed by atoms with Gasteiger partial charge < -0.3 is 15.2 Å². The molecule has 5 nitrogen and oxygen atoms in total. The van der Waals surface area contributed by atoms with Crippen LogP contribution in [0.15, 0.2) is 24.5 Å². The number of likely N-dealkylation sites (N-methyl/N-ethyl adjacent to an activating group) is 1. The van der Waals surface area contributed by atoms with Gasteiger partial charge >= 0.3 is 0 Å². The topological polar surface area (TPSA) is 61.0 Å². The second kappa shape index (κ2) is 6.26. The Kier molecular flexibility index (Phi) is 4.20. The molecule has 2 heterocycles. The summed E-state index contributed by atoms with van der Waals surface area (Å²) in [5.41, 5.74) is 2.53. The average Bonchev–Trinajstić information content (AvgIpc) is 3.00. The molecule has 3 rings (SSSR count). The highest BCUT2D eigenvalue weighted by molar-refractivity contribution is 5.97. The zero-order valence-corrected chi connectivity index (χ0v) is 12.4. The Balaban J connectivity index is 1.74. The molecule has 1 aromatic carbocycles. The van der Waals surface area contributed by atoms with Crippen LogP contribution < -0.4 is 5.32 Å². The molecule has 2 aromatic rings. The van der Waals surface area contributed by atoms with Crippen LogP contribution in [0.25, 0.3) is 11.0 Å². The van der Waals surface area contributed by atoms with E-state index in [1.165, 1.54) is 12.8 Å². The van der Waals surface area contributed by atoms with Crippen molar-refractivity contribution in [3.8, 4) is 0 Å². The summed E-state index contributed by atoms with van der Waals surface area (Å²) in [6.45, 7) is 4.63. The monoisotopic (exact) mass is 286 g/mol. The summed E-state index contributed by atoms with van der Waals surface area (Å²) in [7, 11) is 0. The second-order valence-corrected chi connectivity index (χ2v) is 5.63. The van der Waals surface area contributed by atoms with Gasteiger partial charge in [-0.05, 0) is 44.5 Å². The molecule has 1 saturated heterocycles. The first-order chi connectivity index (χ1) is 10.3. The number of hydrogen-bond acceptors (Lipinski definition) is 3. The first-order valence-electron chi connectivity index (χ1n) is 7.73. The van der Waals surface area contributed by atoms with Crippen LogP contribution in [0.1, 0.15) is 36.5 Å². The van der Waals surface area contributed by atoms with Crippen molar-refractivity contribution in [2.24, 2.45) is 0 Å². The summed E-state index contributed by atoms with van der Waals surface area (Å²) < 4.78 is 0. The number of rotatable bonds is 4. The maximum Gasteiger partial charge on any atom is 0.253 e. The van der Waals surface area contributed by atoms with E-state index in [9.17, 15) is 4.79 Å². The first-order valence-corrected chi connectivity index (χ1v) is 7.73. The zero-order valence-electron chi connectivity index (χ0n) is 12.4. The van der Waals surface area contributed by atoms with E-state index >= 15 is 0 Å². The third kappa shape index (κ3) is 3.08. The standard InChI is InChI=1S/C16H22N4O/c1-2-20(10-13-5-3-4-8-17-13)16(21)12-6-7-14-15(9-12)19-11-18-14/h6-7,9,11,13,17H,2-5,8,10H2,1H3,(H,18,19). The van der Waals surface area contributed by atoms with E-state index in [4.69, 9.17) is 0 Å². The number of aromatic amines is 1. The molecular weight excluding hydrogens is 264 g/mol.